The van der Waals surface area contributed by atoms with Crippen molar-refractivity contribution in [2.75, 3.05) is 18.6 Å². The summed E-state index contributed by atoms with van der Waals surface area (Å²) in [6, 6.07) is 0.462. The molecule has 0 saturated heterocycles. The van der Waals surface area contributed by atoms with Crippen molar-refractivity contribution in [1.29, 1.82) is 0 Å². The van der Waals surface area contributed by atoms with Gasteiger partial charge in [0, 0.05) is 31.1 Å². The normalized spacial score (nSPS) is 11.3. The van der Waals surface area contributed by atoms with Crippen LogP contribution in [0.15, 0.2) is 0 Å². The molecule has 1 heterocycles. The van der Waals surface area contributed by atoms with Crippen LogP contribution in [-0.2, 0) is 17.9 Å². The van der Waals surface area contributed by atoms with Gasteiger partial charge in [0.1, 0.15) is 0 Å². The molecule has 5 heteroatoms. The summed E-state index contributed by atoms with van der Waals surface area (Å²) < 4.78 is 5.19. The van der Waals surface area contributed by atoms with Gasteiger partial charge in [0.25, 0.3) is 0 Å². The lowest BCUT2D eigenvalue weighted by atomic mass is 10.2. The minimum atomic E-state index is 0.462. The van der Waals surface area contributed by atoms with E-state index < -0.39 is 0 Å². The Labute approximate surface area is 121 Å². The van der Waals surface area contributed by atoms with Crippen LogP contribution in [0.25, 0.3) is 0 Å². The zero-order valence-electron chi connectivity index (χ0n) is 12.6. The summed E-state index contributed by atoms with van der Waals surface area (Å²) in [6.07, 6.45) is 3.72. The third-order valence-electron chi connectivity index (χ3n) is 3.11. The van der Waals surface area contributed by atoms with Crippen molar-refractivity contribution in [2.24, 2.45) is 5.73 Å². The average molecular weight is 285 g/mol. The lowest BCUT2D eigenvalue weighted by Crippen LogP contribution is -2.31. The molecule has 1 aromatic rings. The third-order valence-corrected chi connectivity index (χ3v) is 4.26. The molecular weight excluding hydrogens is 258 g/mol. The van der Waals surface area contributed by atoms with E-state index in [-0.39, 0.29) is 0 Å². The predicted molar refractivity (Wildman–Crippen MR) is 82.7 cm³/mol. The maximum Gasteiger partial charge on any atom is 0.186 e. The molecular formula is C14H27N3OS. The molecule has 0 atom stereocenters. The van der Waals surface area contributed by atoms with Crippen LogP contribution >= 0.6 is 11.3 Å². The quantitative estimate of drug-likeness (QED) is 0.708. The van der Waals surface area contributed by atoms with Gasteiger partial charge in [0.2, 0.25) is 0 Å². The van der Waals surface area contributed by atoms with Crippen molar-refractivity contribution in [3.63, 3.8) is 0 Å². The summed E-state index contributed by atoms with van der Waals surface area (Å²) in [6.45, 7) is 8.81. The fourth-order valence-electron chi connectivity index (χ4n) is 2.01. The smallest absolute Gasteiger partial charge is 0.186 e. The van der Waals surface area contributed by atoms with Gasteiger partial charge in [-0.25, -0.2) is 4.98 Å². The minimum absolute atomic E-state index is 0.462. The van der Waals surface area contributed by atoms with Crippen molar-refractivity contribution in [2.45, 2.75) is 59.2 Å². The number of hydrogen-bond acceptors (Lipinski definition) is 5. The molecule has 0 bridgehead atoms. The second-order valence-electron chi connectivity index (χ2n) is 5.00. The van der Waals surface area contributed by atoms with Crippen LogP contribution in [0.5, 0.6) is 0 Å². The zero-order chi connectivity index (χ0) is 14.3. The number of methoxy groups -OCH3 is 1. The third kappa shape index (κ3) is 4.75. The summed E-state index contributed by atoms with van der Waals surface area (Å²) in [5.41, 5.74) is 6.78. The predicted octanol–water partition coefficient (Wildman–Crippen LogP) is 3.15. The molecule has 0 unspecified atom stereocenters. The second-order valence-corrected chi connectivity index (χ2v) is 6.06. The van der Waals surface area contributed by atoms with E-state index in [1.807, 2.05) is 0 Å². The first-order valence-electron chi connectivity index (χ1n) is 7.08. The summed E-state index contributed by atoms with van der Waals surface area (Å²) >= 11 is 1.70. The second kappa shape index (κ2) is 8.51. The molecule has 0 fully saturated rings. The number of nitrogens with two attached hydrogens (primary N) is 1. The first-order chi connectivity index (χ1) is 9.13. The lowest BCUT2D eigenvalue weighted by Gasteiger charge is -2.26. The Morgan fingerprint density at radius 1 is 1.37 bits per heavy atom. The highest BCUT2D eigenvalue weighted by Gasteiger charge is 2.17. The number of rotatable bonds is 9. The van der Waals surface area contributed by atoms with Gasteiger partial charge in [-0.1, -0.05) is 19.8 Å². The first kappa shape index (κ1) is 16.4. The van der Waals surface area contributed by atoms with E-state index in [9.17, 15) is 0 Å². The summed E-state index contributed by atoms with van der Waals surface area (Å²) in [4.78, 5) is 8.22. The molecule has 0 aliphatic carbocycles. The largest absolute Gasteiger partial charge is 0.378 e. The molecule has 0 aliphatic heterocycles. The van der Waals surface area contributed by atoms with Gasteiger partial charge in [-0.2, -0.15) is 0 Å². The molecule has 0 radical (unpaired) electrons. The summed E-state index contributed by atoms with van der Waals surface area (Å²) in [7, 11) is 1.70. The molecule has 19 heavy (non-hydrogen) atoms. The van der Waals surface area contributed by atoms with E-state index in [1.54, 1.807) is 18.4 Å². The molecule has 110 valence electrons. The van der Waals surface area contributed by atoms with Gasteiger partial charge in [0.15, 0.2) is 5.13 Å². The number of unbranched alkanes of at least 4 members (excludes halogenated alkanes) is 2. The van der Waals surface area contributed by atoms with Gasteiger partial charge >= 0.3 is 0 Å². The molecule has 1 aromatic heterocycles. The monoisotopic (exact) mass is 285 g/mol. The fraction of sp³-hybridized carbons (Fsp3) is 0.786. The number of anilines is 1. The molecule has 4 nitrogen and oxygen atoms in total. The Morgan fingerprint density at radius 2 is 2.11 bits per heavy atom. The Morgan fingerprint density at radius 3 is 2.63 bits per heavy atom. The van der Waals surface area contributed by atoms with Crippen molar-refractivity contribution < 1.29 is 4.74 Å². The van der Waals surface area contributed by atoms with Crippen LogP contribution in [0, 0.1) is 0 Å². The maximum atomic E-state index is 5.79. The first-order valence-corrected chi connectivity index (χ1v) is 7.89. The molecule has 0 amide bonds. The number of aromatic nitrogens is 1. The van der Waals surface area contributed by atoms with Gasteiger partial charge < -0.3 is 15.4 Å². The van der Waals surface area contributed by atoms with Crippen molar-refractivity contribution >= 4 is 16.5 Å². The van der Waals surface area contributed by atoms with E-state index in [2.05, 4.69) is 25.7 Å². The summed E-state index contributed by atoms with van der Waals surface area (Å²) in [5, 5.41) is 1.08. The van der Waals surface area contributed by atoms with Crippen molar-refractivity contribution in [3.05, 3.63) is 10.6 Å². The lowest BCUT2D eigenvalue weighted by molar-refractivity contribution is 0.181. The minimum Gasteiger partial charge on any atom is -0.378 e. The van der Waals surface area contributed by atoms with Crippen molar-refractivity contribution in [3.8, 4) is 0 Å². The van der Waals surface area contributed by atoms with Crippen molar-refractivity contribution in [1.82, 2.24) is 4.98 Å². The molecule has 1 rings (SSSR count). The highest BCUT2D eigenvalue weighted by Crippen LogP contribution is 2.28. The number of ether oxygens (including phenoxy) is 1. The Balaban J connectivity index is 2.83. The molecule has 2 N–H and O–H groups in total. The Kier molecular flexibility index (Phi) is 7.34. The summed E-state index contributed by atoms with van der Waals surface area (Å²) in [5.74, 6) is 0. The molecule has 0 aliphatic rings. The average Bonchev–Trinajstić information content (AvgIpc) is 2.77. The highest BCUT2D eigenvalue weighted by molar-refractivity contribution is 7.15. The Hall–Kier alpha value is -0.650. The number of hydrogen-bond donors (Lipinski definition) is 1. The van der Waals surface area contributed by atoms with E-state index in [1.165, 1.54) is 19.3 Å². The molecule has 0 spiro atoms. The van der Waals surface area contributed by atoms with E-state index in [0.29, 0.717) is 19.2 Å². The van der Waals surface area contributed by atoms with E-state index in [0.717, 1.165) is 22.2 Å². The van der Waals surface area contributed by atoms with Crippen LogP contribution in [0.4, 0.5) is 5.13 Å². The topological polar surface area (TPSA) is 51.4 Å². The van der Waals surface area contributed by atoms with Gasteiger partial charge in [-0.3, -0.25) is 0 Å². The van der Waals surface area contributed by atoms with Crippen LogP contribution in [-0.4, -0.2) is 24.7 Å². The van der Waals surface area contributed by atoms with Gasteiger partial charge in [-0.15, -0.1) is 11.3 Å². The Bertz CT molecular complexity index is 366. The van der Waals surface area contributed by atoms with Crippen LogP contribution < -0.4 is 10.6 Å². The van der Waals surface area contributed by atoms with Crippen LogP contribution in [0.2, 0.25) is 0 Å². The molecule has 0 saturated carbocycles. The van der Waals surface area contributed by atoms with Gasteiger partial charge in [-0.05, 0) is 20.3 Å². The zero-order valence-corrected chi connectivity index (χ0v) is 13.4. The van der Waals surface area contributed by atoms with Crippen LogP contribution in [0.1, 0.15) is 50.6 Å². The molecule has 0 aromatic carbocycles. The number of thiazole rings is 1. The SMILES string of the molecule is CCCCCN(c1nc(COC)c(CN)s1)C(C)C. The number of nitrogens with zero attached hydrogens (tertiary/aromatic N) is 2. The van der Waals surface area contributed by atoms with Gasteiger partial charge in [0.05, 0.1) is 12.3 Å². The van der Waals surface area contributed by atoms with Crippen LogP contribution in [0.3, 0.4) is 0 Å². The standard InChI is InChI=1S/C14H27N3OS/c1-5-6-7-8-17(11(2)3)14-16-12(10-18-4)13(9-15)19-14/h11H,5-10,15H2,1-4H3. The highest BCUT2D eigenvalue weighted by atomic mass is 32.1. The maximum absolute atomic E-state index is 5.79. The fourth-order valence-corrected chi connectivity index (χ4v) is 3.11. The van der Waals surface area contributed by atoms with E-state index in [4.69, 9.17) is 15.5 Å². The van der Waals surface area contributed by atoms with E-state index >= 15 is 0 Å².